The van der Waals surface area contributed by atoms with Crippen molar-refractivity contribution >= 4 is 27.9 Å². The van der Waals surface area contributed by atoms with Crippen molar-refractivity contribution in [1.82, 2.24) is 0 Å². The van der Waals surface area contributed by atoms with Gasteiger partial charge in [0.15, 0.2) is 6.29 Å². The monoisotopic (exact) mass is 243 g/mol. The van der Waals surface area contributed by atoms with Gasteiger partial charge in [0.1, 0.15) is 5.56 Å². The summed E-state index contributed by atoms with van der Waals surface area (Å²) in [7, 11) is 0. The third-order valence-corrected chi connectivity index (χ3v) is 2.22. The fourth-order valence-corrected chi connectivity index (χ4v) is 1.66. The maximum atomic E-state index is 10.5. The summed E-state index contributed by atoms with van der Waals surface area (Å²) in [6.07, 6.45) is 0.474. The number of benzene rings is 1. The van der Waals surface area contributed by atoms with Crippen LogP contribution < -0.4 is 0 Å². The summed E-state index contributed by atoms with van der Waals surface area (Å²) >= 11 is 3.09. The van der Waals surface area contributed by atoms with Crippen molar-refractivity contribution in [3.63, 3.8) is 0 Å². The second-order valence-corrected chi connectivity index (χ2v) is 3.41. The maximum absolute atomic E-state index is 10.5. The van der Waals surface area contributed by atoms with Crippen LogP contribution in [-0.2, 0) is 0 Å². The average Bonchev–Trinajstić information content (AvgIpc) is 2.02. The standard InChI is InChI=1S/C8H6BrNO3/c1-5-2-7(9)6(4-11)8(3-5)10(12)13/h2-4H,1H3. The summed E-state index contributed by atoms with van der Waals surface area (Å²) in [5.41, 5.74) is 0.654. The van der Waals surface area contributed by atoms with E-state index in [9.17, 15) is 14.9 Å². The molecule has 1 rings (SSSR count). The molecule has 0 aliphatic heterocycles. The van der Waals surface area contributed by atoms with Crippen LogP contribution in [0.5, 0.6) is 0 Å². The van der Waals surface area contributed by atoms with E-state index in [0.29, 0.717) is 10.8 Å². The number of nitrogens with zero attached hydrogens (tertiary/aromatic N) is 1. The van der Waals surface area contributed by atoms with Crippen LogP contribution in [-0.4, -0.2) is 11.2 Å². The molecule has 0 fully saturated rings. The highest BCUT2D eigenvalue weighted by Crippen LogP contribution is 2.26. The van der Waals surface area contributed by atoms with Gasteiger partial charge in [-0.05, 0) is 34.5 Å². The number of rotatable bonds is 2. The molecular weight excluding hydrogens is 238 g/mol. The van der Waals surface area contributed by atoms with Gasteiger partial charge < -0.3 is 0 Å². The number of nitro groups is 1. The third kappa shape index (κ3) is 1.92. The highest BCUT2D eigenvalue weighted by Gasteiger charge is 2.16. The summed E-state index contributed by atoms with van der Waals surface area (Å²) < 4.78 is 0.453. The van der Waals surface area contributed by atoms with Gasteiger partial charge in [-0.3, -0.25) is 14.9 Å². The summed E-state index contributed by atoms with van der Waals surface area (Å²) in [5, 5.41) is 10.5. The van der Waals surface area contributed by atoms with Gasteiger partial charge in [-0.1, -0.05) is 0 Å². The number of hydrogen-bond donors (Lipinski definition) is 0. The number of hydrogen-bond acceptors (Lipinski definition) is 3. The van der Waals surface area contributed by atoms with Crippen molar-refractivity contribution in [2.45, 2.75) is 6.92 Å². The Balaban J connectivity index is 3.46. The first-order valence-electron chi connectivity index (χ1n) is 3.46. The molecule has 0 saturated carbocycles. The van der Waals surface area contributed by atoms with E-state index in [1.54, 1.807) is 13.0 Å². The van der Waals surface area contributed by atoms with Crippen molar-refractivity contribution in [2.24, 2.45) is 0 Å². The van der Waals surface area contributed by atoms with Crippen LogP contribution in [0.1, 0.15) is 15.9 Å². The highest BCUT2D eigenvalue weighted by atomic mass is 79.9. The van der Waals surface area contributed by atoms with E-state index in [0.717, 1.165) is 5.56 Å². The zero-order chi connectivity index (χ0) is 10.0. The Bertz CT molecular complexity index is 376. The quantitative estimate of drug-likeness (QED) is 0.456. The minimum Gasteiger partial charge on any atom is -0.298 e. The first-order valence-corrected chi connectivity index (χ1v) is 4.25. The molecule has 0 unspecified atom stereocenters. The Labute approximate surface area is 82.8 Å². The van der Waals surface area contributed by atoms with Crippen LogP contribution in [0.25, 0.3) is 0 Å². The summed E-state index contributed by atoms with van der Waals surface area (Å²) in [4.78, 5) is 20.5. The lowest BCUT2D eigenvalue weighted by Gasteiger charge is -2.00. The van der Waals surface area contributed by atoms with Crippen molar-refractivity contribution in [2.75, 3.05) is 0 Å². The summed E-state index contributed by atoms with van der Waals surface area (Å²) in [6.45, 7) is 1.73. The normalized spacial score (nSPS) is 9.69. The number of halogens is 1. The van der Waals surface area contributed by atoms with Gasteiger partial charge in [0.25, 0.3) is 5.69 Å². The van der Waals surface area contributed by atoms with Gasteiger partial charge >= 0.3 is 0 Å². The van der Waals surface area contributed by atoms with Crippen molar-refractivity contribution in [3.05, 3.63) is 37.8 Å². The van der Waals surface area contributed by atoms with Gasteiger partial charge in [0.2, 0.25) is 0 Å². The van der Waals surface area contributed by atoms with Gasteiger partial charge in [-0.15, -0.1) is 0 Å². The van der Waals surface area contributed by atoms with Gasteiger partial charge in [-0.2, -0.15) is 0 Å². The Kier molecular flexibility index (Phi) is 2.77. The second kappa shape index (κ2) is 3.66. The van der Waals surface area contributed by atoms with Gasteiger partial charge in [0, 0.05) is 10.5 Å². The van der Waals surface area contributed by atoms with Crippen molar-refractivity contribution in [1.29, 1.82) is 0 Å². The van der Waals surface area contributed by atoms with Crippen LogP contribution in [0, 0.1) is 17.0 Å². The Morgan fingerprint density at radius 2 is 2.15 bits per heavy atom. The number of aryl methyl sites for hydroxylation is 1. The average molecular weight is 244 g/mol. The zero-order valence-corrected chi connectivity index (χ0v) is 8.37. The number of aldehydes is 1. The molecule has 0 amide bonds. The SMILES string of the molecule is Cc1cc(Br)c(C=O)c([N+](=O)[O-])c1. The fraction of sp³-hybridized carbons (Fsp3) is 0.125. The van der Waals surface area contributed by atoms with Crippen LogP contribution in [0.2, 0.25) is 0 Å². The molecule has 0 aliphatic carbocycles. The Morgan fingerprint density at radius 1 is 1.54 bits per heavy atom. The molecule has 4 nitrogen and oxygen atoms in total. The van der Waals surface area contributed by atoms with Crippen molar-refractivity contribution in [3.8, 4) is 0 Å². The van der Waals surface area contributed by atoms with Gasteiger partial charge in [0.05, 0.1) is 4.92 Å². The van der Waals surface area contributed by atoms with Crippen LogP contribution in [0.15, 0.2) is 16.6 Å². The molecule has 0 aliphatic rings. The lowest BCUT2D eigenvalue weighted by molar-refractivity contribution is -0.385. The van der Waals surface area contributed by atoms with E-state index in [2.05, 4.69) is 15.9 Å². The van der Waals surface area contributed by atoms with Crippen molar-refractivity contribution < 1.29 is 9.72 Å². The fourth-order valence-electron chi connectivity index (χ4n) is 1.00. The van der Waals surface area contributed by atoms with Crippen LogP contribution in [0.4, 0.5) is 5.69 Å². The molecule has 0 aromatic heterocycles. The highest BCUT2D eigenvalue weighted by molar-refractivity contribution is 9.10. The maximum Gasteiger partial charge on any atom is 0.281 e. The Hall–Kier alpha value is -1.23. The molecule has 5 heteroatoms. The summed E-state index contributed by atoms with van der Waals surface area (Å²) in [6, 6.07) is 3.03. The molecule has 0 N–H and O–H groups in total. The topological polar surface area (TPSA) is 60.2 Å². The molecule has 0 atom stereocenters. The molecular formula is C8H6BrNO3. The Morgan fingerprint density at radius 3 is 2.62 bits per heavy atom. The number of carbonyl (C=O) groups is 1. The first kappa shape index (κ1) is 9.85. The van der Waals surface area contributed by atoms with E-state index < -0.39 is 4.92 Å². The first-order chi connectivity index (χ1) is 6.06. The van der Waals surface area contributed by atoms with E-state index >= 15 is 0 Å². The minimum atomic E-state index is -0.568. The molecule has 0 bridgehead atoms. The number of nitro benzene ring substituents is 1. The largest absolute Gasteiger partial charge is 0.298 e. The minimum absolute atomic E-state index is 0.0793. The lowest BCUT2D eigenvalue weighted by atomic mass is 10.1. The van der Waals surface area contributed by atoms with E-state index in [1.807, 2.05) is 0 Å². The van der Waals surface area contributed by atoms with Crippen LogP contribution in [0.3, 0.4) is 0 Å². The lowest BCUT2D eigenvalue weighted by Crippen LogP contribution is -1.96. The van der Waals surface area contributed by atoms with E-state index in [4.69, 9.17) is 0 Å². The molecule has 0 heterocycles. The second-order valence-electron chi connectivity index (χ2n) is 2.55. The third-order valence-electron chi connectivity index (χ3n) is 1.57. The molecule has 0 spiro atoms. The smallest absolute Gasteiger partial charge is 0.281 e. The predicted molar refractivity (Wildman–Crippen MR) is 50.9 cm³/mol. The van der Waals surface area contributed by atoms with Crippen LogP contribution >= 0.6 is 15.9 Å². The molecule has 13 heavy (non-hydrogen) atoms. The molecule has 68 valence electrons. The van der Waals surface area contributed by atoms with E-state index in [-0.39, 0.29) is 11.3 Å². The number of carbonyl (C=O) groups excluding carboxylic acids is 1. The zero-order valence-electron chi connectivity index (χ0n) is 6.78. The van der Waals surface area contributed by atoms with E-state index in [1.165, 1.54) is 6.07 Å². The molecule has 0 saturated heterocycles. The van der Waals surface area contributed by atoms with Gasteiger partial charge in [-0.25, -0.2) is 0 Å². The summed E-state index contributed by atoms with van der Waals surface area (Å²) in [5.74, 6) is 0. The molecule has 0 radical (unpaired) electrons. The molecule has 1 aromatic carbocycles. The molecule has 1 aromatic rings. The predicted octanol–water partition coefficient (Wildman–Crippen LogP) is 2.48.